The summed E-state index contributed by atoms with van der Waals surface area (Å²) in [5.41, 5.74) is 0. The van der Waals surface area contributed by atoms with Gasteiger partial charge in [0.25, 0.3) is 0 Å². The number of benzene rings is 1. The monoisotopic (exact) mass is 329 g/mol. The second kappa shape index (κ2) is 8.93. The highest BCUT2D eigenvalue weighted by molar-refractivity contribution is 9.10. The number of hydrogen-bond acceptors (Lipinski definition) is 4. The lowest BCUT2D eigenvalue weighted by molar-refractivity contribution is -0.144. The Hall–Kier alpha value is -1.07. The molecule has 0 radical (unpaired) electrons. The summed E-state index contributed by atoms with van der Waals surface area (Å²) >= 11 is 3.37. The van der Waals surface area contributed by atoms with E-state index in [1.54, 1.807) is 0 Å². The van der Waals surface area contributed by atoms with Crippen LogP contribution in [0.4, 0.5) is 0 Å². The van der Waals surface area contributed by atoms with Crippen molar-refractivity contribution in [2.75, 3.05) is 32.8 Å². The number of likely N-dealkylation sites (N-methyl/N-ethyl adjacent to an activating group) is 1. The molecule has 1 aromatic rings. The maximum Gasteiger partial charge on any atom is 0.320 e. The third-order valence-corrected chi connectivity index (χ3v) is 3.12. The van der Waals surface area contributed by atoms with Crippen molar-refractivity contribution in [2.45, 2.75) is 13.8 Å². The summed E-state index contributed by atoms with van der Waals surface area (Å²) in [6, 6.07) is 7.69. The molecule has 0 N–H and O–H groups in total. The van der Waals surface area contributed by atoms with Crippen LogP contribution in [0.25, 0.3) is 0 Å². The summed E-state index contributed by atoms with van der Waals surface area (Å²) < 4.78 is 11.6. The van der Waals surface area contributed by atoms with E-state index in [9.17, 15) is 4.79 Å². The van der Waals surface area contributed by atoms with Crippen LogP contribution in [0.1, 0.15) is 13.8 Å². The normalized spacial score (nSPS) is 10.5. The summed E-state index contributed by atoms with van der Waals surface area (Å²) in [6.07, 6.45) is 0. The summed E-state index contributed by atoms with van der Waals surface area (Å²) in [6.45, 7) is 6.60. The second-order valence-corrected chi connectivity index (χ2v) is 4.89. The zero-order chi connectivity index (χ0) is 14.1. The van der Waals surface area contributed by atoms with Gasteiger partial charge in [-0.3, -0.25) is 9.69 Å². The average molecular weight is 330 g/mol. The van der Waals surface area contributed by atoms with Gasteiger partial charge in [-0.05, 0) is 37.7 Å². The van der Waals surface area contributed by atoms with Crippen molar-refractivity contribution in [2.24, 2.45) is 0 Å². The number of hydrogen-bond donors (Lipinski definition) is 0. The summed E-state index contributed by atoms with van der Waals surface area (Å²) in [4.78, 5) is 13.4. The Balaban J connectivity index is 2.29. The van der Waals surface area contributed by atoms with E-state index >= 15 is 0 Å². The fourth-order valence-corrected chi connectivity index (χ4v) is 1.83. The van der Waals surface area contributed by atoms with Crippen molar-refractivity contribution >= 4 is 21.9 Å². The molecule has 0 amide bonds. The molecule has 0 spiro atoms. The smallest absolute Gasteiger partial charge is 0.320 e. The SMILES string of the molecule is CCOC(=O)CN(CC)CCOc1ccc(Br)cc1. The Morgan fingerprint density at radius 1 is 1.26 bits per heavy atom. The van der Waals surface area contributed by atoms with Crippen molar-refractivity contribution in [3.05, 3.63) is 28.7 Å². The molecule has 0 fully saturated rings. The number of esters is 1. The molecule has 4 nitrogen and oxygen atoms in total. The molecule has 0 unspecified atom stereocenters. The van der Waals surface area contributed by atoms with Gasteiger partial charge in [0.05, 0.1) is 13.2 Å². The zero-order valence-electron chi connectivity index (χ0n) is 11.4. The molecule has 19 heavy (non-hydrogen) atoms. The number of ether oxygens (including phenoxy) is 2. The molecule has 5 heteroatoms. The van der Waals surface area contributed by atoms with Crippen LogP contribution in [0.5, 0.6) is 5.75 Å². The largest absolute Gasteiger partial charge is 0.492 e. The first-order valence-corrected chi connectivity index (χ1v) is 7.21. The summed E-state index contributed by atoms with van der Waals surface area (Å²) in [5.74, 6) is 0.642. The van der Waals surface area contributed by atoms with Gasteiger partial charge in [-0.15, -0.1) is 0 Å². The van der Waals surface area contributed by atoms with Gasteiger partial charge in [0.15, 0.2) is 0 Å². The standard InChI is InChI=1S/C14H20BrNO3/c1-3-16(11-14(17)18-4-2)9-10-19-13-7-5-12(15)6-8-13/h5-8H,3-4,9-11H2,1-2H3. The first-order valence-electron chi connectivity index (χ1n) is 6.42. The lowest BCUT2D eigenvalue weighted by Gasteiger charge is -2.19. The molecule has 0 aliphatic rings. The van der Waals surface area contributed by atoms with E-state index in [0.29, 0.717) is 26.3 Å². The van der Waals surface area contributed by atoms with E-state index in [1.165, 1.54) is 0 Å². The van der Waals surface area contributed by atoms with Crippen LogP contribution in [0, 0.1) is 0 Å². The highest BCUT2D eigenvalue weighted by atomic mass is 79.9. The third-order valence-electron chi connectivity index (χ3n) is 2.60. The molecule has 0 aliphatic heterocycles. The van der Waals surface area contributed by atoms with Crippen LogP contribution in [0.3, 0.4) is 0 Å². The molecule has 0 atom stereocenters. The van der Waals surface area contributed by atoms with Crippen molar-refractivity contribution in [3.63, 3.8) is 0 Å². The molecule has 0 heterocycles. The number of carbonyl (C=O) groups is 1. The van der Waals surface area contributed by atoms with E-state index < -0.39 is 0 Å². The number of halogens is 1. The maximum atomic E-state index is 11.4. The minimum atomic E-state index is -0.187. The minimum absolute atomic E-state index is 0.187. The molecule has 0 aliphatic carbocycles. The second-order valence-electron chi connectivity index (χ2n) is 3.98. The third kappa shape index (κ3) is 6.59. The van der Waals surface area contributed by atoms with Crippen molar-refractivity contribution in [1.29, 1.82) is 0 Å². The first-order chi connectivity index (χ1) is 9.15. The van der Waals surface area contributed by atoms with Gasteiger partial charge < -0.3 is 9.47 Å². The van der Waals surface area contributed by atoms with E-state index in [0.717, 1.165) is 16.8 Å². The Morgan fingerprint density at radius 3 is 2.53 bits per heavy atom. The highest BCUT2D eigenvalue weighted by Gasteiger charge is 2.09. The van der Waals surface area contributed by atoms with Crippen LogP contribution in [-0.2, 0) is 9.53 Å². The molecule has 0 bridgehead atoms. The van der Waals surface area contributed by atoms with Crippen LogP contribution < -0.4 is 4.74 Å². The predicted molar refractivity (Wildman–Crippen MR) is 78.4 cm³/mol. The quantitative estimate of drug-likeness (QED) is 0.687. The van der Waals surface area contributed by atoms with Crippen molar-refractivity contribution in [1.82, 2.24) is 4.90 Å². The topological polar surface area (TPSA) is 38.8 Å². The number of nitrogens with zero attached hydrogens (tertiary/aromatic N) is 1. The van der Waals surface area contributed by atoms with E-state index in [-0.39, 0.29) is 5.97 Å². The Kier molecular flexibility index (Phi) is 7.52. The van der Waals surface area contributed by atoms with Gasteiger partial charge >= 0.3 is 5.97 Å². The van der Waals surface area contributed by atoms with Crippen molar-refractivity contribution < 1.29 is 14.3 Å². The van der Waals surface area contributed by atoms with Gasteiger partial charge in [0, 0.05) is 11.0 Å². The maximum absolute atomic E-state index is 11.4. The molecule has 0 saturated carbocycles. The Morgan fingerprint density at radius 2 is 1.95 bits per heavy atom. The average Bonchev–Trinajstić information content (AvgIpc) is 2.40. The number of carbonyl (C=O) groups excluding carboxylic acids is 1. The number of rotatable bonds is 8. The molecule has 0 aromatic heterocycles. The fourth-order valence-electron chi connectivity index (χ4n) is 1.56. The predicted octanol–water partition coefficient (Wildman–Crippen LogP) is 2.71. The van der Waals surface area contributed by atoms with Gasteiger partial charge in [-0.25, -0.2) is 0 Å². The van der Waals surface area contributed by atoms with Crippen LogP contribution in [0.15, 0.2) is 28.7 Å². The fraction of sp³-hybridized carbons (Fsp3) is 0.500. The van der Waals surface area contributed by atoms with E-state index in [4.69, 9.17) is 9.47 Å². The van der Waals surface area contributed by atoms with Gasteiger partial charge in [-0.1, -0.05) is 22.9 Å². The van der Waals surface area contributed by atoms with E-state index in [1.807, 2.05) is 43.0 Å². The molecular formula is C14H20BrNO3. The Bertz CT molecular complexity index is 381. The van der Waals surface area contributed by atoms with Gasteiger partial charge in [0.1, 0.15) is 12.4 Å². The summed E-state index contributed by atoms with van der Waals surface area (Å²) in [5, 5.41) is 0. The lowest BCUT2D eigenvalue weighted by atomic mass is 10.3. The first kappa shape index (κ1) is 16.0. The molecular weight excluding hydrogens is 310 g/mol. The van der Waals surface area contributed by atoms with Crippen LogP contribution in [0.2, 0.25) is 0 Å². The van der Waals surface area contributed by atoms with Crippen LogP contribution >= 0.6 is 15.9 Å². The Labute approximate surface area is 122 Å². The lowest BCUT2D eigenvalue weighted by Crippen LogP contribution is -2.34. The van der Waals surface area contributed by atoms with Gasteiger partial charge in [-0.2, -0.15) is 0 Å². The van der Waals surface area contributed by atoms with Gasteiger partial charge in [0.2, 0.25) is 0 Å². The minimum Gasteiger partial charge on any atom is -0.492 e. The molecule has 106 valence electrons. The zero-order valence-corrected chi connectivity index (χ0v) is 13.0. The molecule has 0 saturated heterocycles. The molecule has 1 rings (SSSR count). The highest BCUT2D eigenvalue weighted by Crippen LogP contribution is 2.15. The summed E-state index contributed by atoms with van der Waals surface area (Å²) in [7, 11) is 0. The van der Waals surface area contributed by atoms with Crippen LogP contribution in [-0.4, -0.2) is 43.7 Å². The van der Waals surface area contributed by atoms with E-state index in [2.05, 4.69) is 15.9 Å². The molecule has 1 aromatic carbocycles. The van der Waals surface area contributed by atoms with Crippen molar-refractivity contribution in [3.8, 4) is 5.75 Å².